The van der Waals surface area contributed by atoms with E-state index >= 15 is 0 Å². The van der Waals surface area contributed by atoms with Crippen LogP contribution in [-0.4, -0.2) is 24.9 Å². The van der Waals surface area contributed by atoms with E-state index < -0.39 is 23.7 Å². The third-order valence-electron chi connectivity index (χ3n) is 4.61. The fourth-order valence-corrected chi connectivity index (χ4v) is 2.67. The standard InChI is InChI=1S/C21H24F3N3O2/c1-13-6-4-9-18(14(13)2)27-20(29)12-26-19(28)11-25-15(3)16-7-5-8-17(10-16)21(22,23)24/h4-10,15,25H,11-12H2,1-3H3,(H,26,28)(H,27,29). The van der Waals surface area contributed by atoms with Gasteiger partial charge in [0.2, 0.25) is 11.8 Å². The summed E-state index contributed by atoms with van der Waals surface area (Å²) < 4.78 is 38.4. The molecule has 1 unspecified atom stereocenters. The number of amides is 2. The molecule has 2 aromatic carbocycles. The highest BCUT2D eigenvalue weighted by Gasteiger charge is 2.30. The van der Waals surface area contributed by atoms with E-state index in [1.165, 1.54) is 6.07 Å². The maximum atomic E-state index is 12.8. The Morgan fingerprint density at radius 2 is 1.69 bits per heavy atom. The second-order valence-electron chi connectivity index (χ2n) is 6.80. The molecule has 0 spiro atoms. The molecule has 0 fully saturated rings. The number of carbonyl (C=O) groups excluding carboxylic acids is 2. The molecule has 0 saturated carbocycles. The van der Waals surface area contributed by atoms with Crippen LogP contribution in [0, 0.1) is 13.8 Å². The van der Waals surface area contributed by atoms with Crippen molar-refractivity contribution in [1.29, 1.82) is 0 Å². The van der Waals surface area contributed by atoms with Gasteiger partial charge in [0.25, 0.3) is 0 Å². The van der Waals surface area contributed by atoms with Crippen molar-refractivity contribution in [2.75, 3.05) is 18.4 Å². The Morgan fingerprint density at radius 3 is 2.38 bits per heavy atom. The maximum absolute atomic E-state index is 12.8. The van der Waals surface area contributed by atoms with Crippen molar-refractivity contribution in [3.63, 3.8) is 0 Å². The highest BCUT2D eigenvalue weighted by Crippen LogP contribution is 2.30. The van der Waals surface area contributed by atoms with Crippen LogP contribution >= 0.6 is 0 Å². The molecule has 3 N–H and O–H groups in total. The van der Waals surface area contributed by atoms with Gasteiger partial charge in [-0.2, -0.15) is 13.2 Å². The molecule has 0 aromatic heterocycles. The first-order valence-electron chi connectivity index (χ1n) is 9.11. The summed E-state index contributed by atoms with van der Waals surface area (Å²) in [7, 11) is 0. The summed E-state index contributed by atoms with van der Waals surface area (Å²) in [6.07, 6.45) is -4.42. The predicted molar refractivity (Wildman–Crippen MR) is 105 cm³/mol. The summed E-state index contributed by atoms with van der Waals surface area (Å²) in [5.41, 5.74) is 2.35. The second kappa shape index (κ2) is 9.56. The molecule has 0 aliphatic carbocycles. The summed E-state index contributed by atoms with van der Waals surface area (Å²) in [5, 5.41) is 8.08. The summed E-state index contributed by atoms with van der Waals surface area (Å²) >= 11 is 0. The Labute approximate surface area is 167 Å². The number of benzene rings is 2. The molecule has 0 bridgehead atoms. The molecule has 0 saturated heterocycles. The third-order valence-corrected chi connectivity index (χ3v) is 4.61. The van der Waals surface area contributed by atoms with Crippen LogP contribution in [0.5, 0.6) is 0 Å². The monoisotopic (exact) mass is 407 g/mol. The fraction of sp³-hybridized carbons (Fsp3) is 0.333. The quantitative estimate of drug-likeness (QED) is 0.655. The zero-order chi connectivity index (χ0) is 21.6. The molecule has 0 radical (unpaired) electrons. The number of carbonyl (C=O) groups is 2. The SMILES string of the molecule is Cc1cccc(NC(=O)CNC(=O)CNC(C)c2cccc(C(F)(F)F)c2)c1C. The lowest BCUT2D eigenvalue weighted by atomic mass is 10.0. The lowest BCUT2D eigenvalue weighted by Crippen LogP contribution is -2.39. The maximum Gasteiger partial charge on any atom is 0.416 e. The van der Waals surface area contributed by atoms with Gasteiger partial charge in [-0.05, 0) is 55.7 Å². The summed E-state index contributed by atoms with van der Waals surface area (Å²) in [4.78, 5) is 24.0. The Kier molecular flexibility index (Phi) is 7.39. The van der Waals surface area contributed by atoms with Crippen molar-refractivity contribution >= 4 is 17.5 Å². The number of hydrogen-bond donors (Lipinski definition) is 3. The zero-order valence-electron chi connectivity index (χ0n) is 16.5. The highest BCUT2D eigenvalue weighted by atomic mass is 19.4. The molecular weight excluding hydrogens is 383 g/mol. The van der Waals surface area contributed by atoms with E-state index in [1.54, 1.807) is 19.1 Å². The lowest BCUT2D eigenvalue weighted by Gasteiger charge is -2.16. The topological polar surface area (TPSA) is 70.2 Å². The third kappa shape index (κ3) is 6.60. The van der Waals surface area contributed by atoms with Gasteiger partial charge in [-0.1, -0.05) is 24.3 Å². The van der Waals surface area contributed by atoms with Crippen molar-refractivity contribution < 1.29 is 22.8 Å². The summed E-state index contributed by atoms with van der Waals surface area (Å²) in [6, 6.07) is 10.0. The first-order chi connectivity index (χ1) is 13.6. The average molecular weight is 407 g/mol. The first-order valence-corrected chi connectivity index (χ1v) is 9.11. The van der Waals surface area contributed by atoms with Crippen LogP contribution in [0.1, 0.15) is 35.2 Å². The summed E-state index contributed by atoms with van der Waals surface area (Å²) in [6.45, 7) is 5.16. The van der Waals surface area contributed by atoms with Crippen LogP contribution in [-0.2, 0) is 15.8 Å². The Balaban J connectivity index is 1.81. The van der Waals surface area contributed by atoms with E-state index in [4.69, 9.17) is 0 Å². The molecule has 2 rings (SSSR count). The predicted octanol–water partition coefficient (Wildman–Crippen LogP) is 3.73. The number of nitrogens with one attached hydrogen (secondary N) is 3. The molecule has 2 aromatic rings. The van der Waals surface area contributed by atoms with Crippen molar-refractivity contribution in [2.45, 2.75) is 33.0 Å². The van der Waals surface area contributed by atoms with E-state index in [1.807, 2.05) is 26.0 Å². The van der Waals surface area contributed by atoms with Crippen LogP contribution in [0.2, 0.25) is 0 Å². The largest absolute Gasteiger partial charge is 0.416 e. The molecule has 5 nitrogen and oxygen atoms in total. The van der Waals surface area contributed by atoms with Crippen LogP contribution in [0.25, 0.3) is 0 Å². The molecule has 2 amide bonds. The smallest absolute Gasteiger partial charge is 0.346 e. The van der Waals surface area contributed by atoms with Gasteiger partial charge in [-0.3, -0.25) is 9.59 Å². The minimum Gasteiger partial charge on any atom is -0.346 e. The first kappa shape index (κ1) is 22.4. The Bertz CT molecular complexity index is 882. The molecule has 0 aliphatic rings. The van der Waals surface area contributed by atoms with E-state index in [0.29, 0.717) is 11.3 Å². The van der Waals surface area contributed by atoms with E-state index in [9.17, 15) is 22.8 Å². The van der Waals surface area contributed by atoms with Gasteiger partial charge in [0.05, 0.1) is 18.7 Å². The second-order valence-corrected chi connectivity index (χ2v) is 6.80. The number of halogens is 3. The number of aryl methyl sites for hydroxylation is 1. The van der Waals surface area contributed by atoms with Gasteiger partial charge in [0, 0.05) is 11.7 Å². The minimum atomic E-state index is -4.42. The fourth-order valence-electron chi connectivity index (χ4n) is 2.67. The van der Waals surface area contributed by atoms with Crippen molar-refractivity contribution in [3.05, 3.63) is 64.7 Å². The van der Waals surface area contributed by atoms with Gasteiger partial charge >= 0.3 is 6.18 Å². The van der Waals surface area contributed by atoms with E-state index in [0.717, 1.165) is 23.3 Å². The molecule has 29 heavy (non-hydrogen) atoms. The molecule has 8 heteroatoms. The Morgan fingerprint density at radius 1 is 1.00 bits per heavy atom. The van der Waals surface area contributed by atoms with Crippen LogP contribution in [0.3, 0.4) is 0 Å². The number of hydrogen-bond acceptors (Lipinski definition) is 3. The Hall–Kier alpha value is -2.87. The van der Waals surface area contributed by atoms with Crippen molar-refractivity contribution in [2.24, 2.45) is 0 Å². The number of alkyl halides is 3. The van der Waals surface area contributed by atoms with Crippen LogP contribution < -0.4 is 16.0 Å². The number of rotatable bonds is 7. The van der Waals surface area contributed by atoms with Gasteiger partial charge in [0.1, 0.15) is 0 Å². The number of anilines is 1. The molecule has 1 atom stereocenters. The lowest BCUT2D eigenvalue weighted by molar-refractivity contribution is -0.137. The molecular formula is C21H24F3N3O2. The van der Waals surface area contributed by atoms with Gasteiger partial charge in [0.15, 0.2) is 0 Å². The van der Waals surface area contributed by atoms with Crippen molar-refractivity contribution in [3.8, 4) is 0 Å². The van der Waals surface area contributed by atoms with E-state index in [-0.39, 0.29) is 19.0 Å². The highest BCUT2D eigenvalue weighted by molar-refractivity contribution is 5.95. The van der Waals surface area contributed by atoms with Crippen LogP contribution in [0.15, 0.2) is 42.5 Å². The van der Waals surface area contributed by atoms with Gasteiger partial charge in [-0.15, -0.1) is 0 Å². The molecule has 0 heterocycles. The van der Waals surface area contributed by atoms with E-state index in [2.05, 4.69) is 16.0 Å². The molecule has 0 aliphatic heterocycles. The molecule has 156 valence electrons. The van der Waals surface area contributed by atoms with Crippen molar-refractivity contribution in [1.82, 2.24) is 10.6 Å². The summed E-state index contributed by atoms with van der Waals surface area (Å²) in [5.74, 6) is -0.794. The normalized spacial score (nSPS) is 12.3. The average Bonchev–Trinajstić information content (AvgIpc) is 2.67. The zero-order valence-corrected chi connectivity index (χ0v) is 16.5. The van der Waals surface area contributed by atoms with Crippen LogP contribution in [0.4, 0.5) is 18.9 Å². The van der Waals surface area contributed by atoms with Gasteiger partial charge < -0.3 is 16.0 Å². The van der Waals surface area contributed by atoms with Gasteiger partial charge in [-0.25, -0.2) is 0 Å². The minimum absolute atomic E-state index is 0.131.